The minimum absolute atomic E-state index is 0.119. The number of carbonyl (C=O) groups is 2. The minimum Gasteiger partial charge on any atom is -0.481 e. The number of nitrogens with zero attached hydrogens (tertiary/aromatic N) is 2. The van der Waals surface area contributed by atoms with Crippen molar-refractivity contribution < 1.29 is 19.4 Å². The lowest BCUT2D eigenvalue weighted by atomic mass is 9.74. The predicted octanol–water partition coefficient (Wildman–Crippen LogP) is 1.01. The summed E-state index contributed by atoms with van der Waals surface area (Å²) in [6.07, 6.45) is 0.470. The van der Waals surface area contributed by atoms with Gasteiger partial charge in [0.15, 0.2) is 0 Å². The highest BCUT2D eigenvalue weighted by Gasteiger charge is 2.55. The van der Waals surface area contributed by atoms with E-state index in [9.17, 15) is 14.7 Å². The first-order valence-corrected chi connectivity index (χ1v) is 7.39. The number of likely N-dealkylation sites (tertiary alicyclic amines) is 1. The standard InChI is InChI=1S/C13H16N2O4S/c1-8-10(6-20-14-8)11(16)15-4-9-5-19-3-2-13(9,7-15)12(17)18/h6,9H,2-5,7H2,1H3,(H,17,18)/t9-,13+/m0/s1. The van der Waals surface area contributed by atoms with Crippen LogP contribution in [0.5, 0.6) is 0 Å². The Morgan fingerprint density at radius 1 is 1.60 bits per heavy atom. The van der Waals surface area contributed by atoms with E-state index >= 15 is 0 Å². The molecule has 108 valence electrons. The molecule has 3 heterocycles. The number of carbonyl (C=O) groups excluding carboxylic acids is 1. The van der Waals surface area contributed by atoms with Crippen molar-refractivity contribution in [2.75, 3.05) is 26.3 Å². The van der Waals surface area contributed by atoms with Gasteiger partial charge in [0.1, 0.15) is 0 Å². The number of aliphatic carboxylic acids is 1. The van der Waals surface area contributed by atoms with Crippen molar-refractivity contribution in [1.82, 2.24) is 9.27 Å². The zero-order valence-corrected chi connectivity index (χ0v) is 12.0. The fraction of sp³-hybridized carbons (Fsp3) is 0.615. The fourth-order valence-corrected chi connectivity index (χ4v) is 3.81. The van der Waals surface area contributed by atoms with E-state index < -0.39 is 11.4 Å². The van der Waals surface area contributed by atoms with Crippen LogP contribution in [0, 0.1) is 18.3 Å². The summed E-state index contributed by atoms with van der Waals surface area (Å²) in [6, 6.07) is 0. The Morgan fingerprint density at radius 2 is 2.40 bits per heavy atom. The van der Waals surface area contributed by atoms with E-state index in [0.29, 0.717) is 37.4 Å². The van der Waals surface area contributed by atoms with E-state index in [-0.39, 0.29) is 18.4 Å². The van der Waals surface area contributed by atoms with E-state index in [0.717, 1.165) is 0 Å². The van der Waals surface area contributed by atoms with Crippen molar-refractivity contribution in [1.29, 1.82) is 0 Å². The molecule has 2 aliphatic heterocycles. The normalized spacial score (nSPS) is 29.2. The molecule has 0 unspecified atom stereocenters. The van der Waals surface area contributed by atoms with E-state index in [4.69, 9.17) is 4.74 Å². The molecule has 2 fully saturated rings. The molecule has 0 bridgehead atoms. The second kappa shape index (κ2) is 4.82. The van der Waals surface area contributed by atoms with Crippen LogP contribution in [0.25, 0.3) is 0 Å². The van der Waals surface area contributed by atoms with Gasteiger partial charge in [-0.05, 0) is 24.9 Å². The summed E-state index contributed by atoms with van der Waals surface area (Å²) in [4.78, 5) is 25.8. The molecule has 0 radical (unpaired) electrons. The number of aryl methyl sites for hydroxylation is 1. The molecule has 6 nitrogen and oxygen atoms in total. The van der Waals surface area contributed by atoms with Gasteiger partial charge in [-0.25, -0.2) is 0 Å². The number of carboxylic acids is 1. The number of aromatic nitrogens is 1. The third-order valence-corrected chi connectivity index (χ3v) is 5.12. The van der Waals surface area contributed by atoms with Gasteiger partial charge >= 0.3 is 5.97 Å². The van der Waals surface area contributed by atoms with Gasteiger partial charge in [0.25, 0.3) is 5.91 Å². The van der Waals surface area contributed by atoms with Crippen LogP contribution in [-0.4, -0.2) is 52.6 Å². The molecule has 20 heavy (non-hydrogen) atoms. The summed E-state index contributed by atoms with van der Waals surface area (Å²) in [5.74, 6) is -1.06. The number of amides is 1. The lowest BCUT2D eigenvalue weighted by Gasteiger charge is -2.33. The second-order valence-electron chi connectivity index (χ2n) is 5.48. The largest absolute Gasteiger partial charge is 0.481 e. The monoisotopic (exact) mass is 296 g/mol. The van der Waals surface area contributed by atoms with Crippen LogP contribution in [0.2, 0.25) is 0 Å². The third-order valence-electron chi connectivity index (χ3n) is 4.40. The van der Waals surface area contributed by atoms with Gasteiger partial charge < -0.3 is 14.7 Å². The Labute approximate surface area is 120 Å². The number of carboxylic acid groups (broad SMARTS) is 1. The maximum absolute atomic E-state index is 12.5. The molecule has 2 saturated heterocycles. The first-order chi connectivity index (χ1) is 9.54. The van der Waals surface area contributed by atoms with Crippen LogP contribution in [0.3, 0.4) is 0 Å². The van der Waals surface area contributed by atoms with Gasteiger partial charge in [0, 0.05) is 31.0 Å². The Hall–Kier alpha value is -1.47. The highest BCUT2D eigenvalue weighted by molar-refractivity contribution is 7.03. The Bertz CT molecular complexity index is 558. The number of hydrogen-bond acceptors (Lipinski definition) is 5. The van der Waals surface area contributed by atoms with E-state index in [2.05, 4.69) is 4.37 Å². The molecule has 1 amide bonds. The first-order valence-electron chi connectivity index (χ1n) is 6.56. The SMILES string of the molecule is Cc1nscc1C(=O)N1C[C@H]2COCC[C@@]2(C(=O)O)C1. The molecule has 7 heteroatoms. The van der Waals surface area contributed by atoms with Crippen LogP contribution < -0.4 is 0 Å². The molecule has 0 aromatic carbocycles. The molecule has 0 saturated carbocycles. The minimum atomic E-state index is -0.842. The lowest BCUT2D eigenvalue weighted by Crippen LogP contribution is -2.45. The average molecular weight is 296 g/mol. The lowest BCUT2D eigenvalue weighted by molar-refractivity contribution is -0.157. The topological polar surface area (TPSA) is 79.7 Å². The van der Waals surface area contributed by atoms with Gasteiger partial charge in [0.2, 0.25) is 0 Å². The average Bonchev–Trinajstić information content (AvgIpc) is 3.01. The maximum atomic E-state index is 12.5. The highest BCUT2D eigenvalue weighted by Crippen LogP contribution is 2.42. The third kappa shape index (κ3) is 1.92. The quantitative estimate of drug-likeness (QED) is 0.881. The van der Waals surface area contributed by atoms with Gasteiger partial charge in [-0.15, -0.1) is 0 Å². The zero-order valence-electron chi connectivity index (χ0n) is 11.2. The maximum Gasteiger partial charge on any atom is 0.311 e. The van der Waals surface area contributed by atoms with Crippen molar-refractivity contribution >= 4 is 23.4 Å². The summed E-state index contributed by atoms with van der Waals surface area (Å²) in [7, 11) is 0. The molecule has 2 atom stereocenters. The zero-order chi connectivity index (χ0) is 14.3. The second-order valence-corrected chi connectivity index (χ2v) is 6.11. The van der Waals surface area contributed by atoms with Crippen LogP contribution in [0.4, 0.5) is 0 Å². The molecule has 1 aromatic heterocycles. The summed E-state index contributed by atoms with van der Waals surface area (Å²) in [6.45, 7) is 3.37. The Balaban J connectivity index is 1.86. The first kappa shape index (κ1) is 13.5. The van der Waals surface area contributed by atoms with Crippen molar-refractivity contribution in [2.24, 2.45) is 11.3 Å². The van der Waals surface area contributed by atoms with E-state index in [1.807, 2.05) is 0 Å². The molecule has 3 rings (SSSR count). The van der Waals surface area contributed by atoms with Crippen molar-refractivity contribution in [3.8, 4) is 0 Å². The van der Waals surface area contributed by atoms with Gasteiger partial charge in [-0.3, -0.25) is 9.59 Å². The van der Waals surface area contributed by atoms with Crippen molar-refractivity contribution in [3.63, 3.8) is 0 Å². The molecule has 1 aromatic rings. The molecule has 1 N–H and O–H groups in total. The summed E-state index contributed by atoms with van der Waals surface area (Å²) < 4.78 is 9.49. The molecular formula is C13H16N2O4S. The van der Waals surface area contributed by atoms with Crippen molar-refractivity contribution in [3.05, 3.63) is 16.6 Å². The smallest absolute Gasteiger partial charge is 0.311 e. The van der Waals surface area contributed by atoms with Crippen LogP contribution in [-0.2, 0) is 9.53 Å². The number of ether oxygens (including phenoxy) is 1. The molecule has 0 spiro atoms. The fourth-order valence-electron chi connectivity index (χ4n) is 3.12. The summed E-state index contributed by atoms with van der Waals surface area (Å²) in [5.41, 5.74) is 0.441. The van der Waals surface area contributed by atoms with Crippen molar-refractivity contribution in [2.45, 2.75) is 13.3 Å². The predicted molar refractivity (Wildman–Crippen MR) is 71.7 cm³/mol. The number of rotatable bonds is 2. The molecule has 0 aliphatic carbocycles. The summed E-state index contributed by atoms with van der Waals surface area (Å²) >= 11 is 1.25. The Kier molecular flexibility index (Phi) is 3.25. The van der Waals surface area contributed by atoms with E-state index in [1.54, 1.807) is 17.2 Å². The van der Waals surface area contributed by atoms with Crippen LogP contribution in [0.1, 0.15) is 22.5 Å². The van der Waals surface area contributed by atoms with E-state index in [1.165, 1.54) is 11.5 Å². The van der Waals surface area contributed by atoms with Crippen LogP contribution >= 0.6 is 11.5 Å². The van der Waals surface area contributed by atoms with Gasteiger partial charge in [-0.1, -0.05) is 0 Å². The number of fused-ring (bicyclic) bond motifs is 1. The summed E-state index contributed by atoms with van der Waals surface area (Å²) in [5, 5.41) is 11.3. The number of hydrogen-bond donors (Lipinski definition) is 1. The molecular weight excluding hydrogens is 280 g/mol. The Morgan fingerprint density at radius 3 is 3.00 bits per heavy atom. The highest BCUT2D eigenvalue weighted by atomic mass is 32.1. The van der Waals surface area contributed by atoms with Gasteiger partial charge in [-0.2, -0.15) is 4.37 Å². The van der Waals surface area contributed by atoms with Gasteiger partial charge in [0.05, 0.1) is 23.3 Å². The molecule has 2 aliphatic rings. The van der Waals surface area contributed by atoms with Crippen LogP contribution in [0.15, 0.2) is 5.38 Å².